The molecule has 8 nitrogen and oxygen atoms in total. The van der Waals surface area contributed by atoms with E-state index in [-0.39, 0.29) is 12.3 Å². The molecule has 0 aliphatic heterocycles. The van der Waals surface area contributed by atoms with Gasteiger partial charge in [0.15, 0.2) is 5.65 Å². The van der Waals surface area contributed by atoms with Crippen LogP contribution in [-0.2, 0) is 4.79 Å². The molecule has 0 aliphatic carbocycles. The number of aryl methyl sites for hydroxylation is 3. The van der Waals surface area contributed by atoms with Crippen LogP contribution >= 0.6 is 0 Å². The number of hydrogen-bond donors (Lipinski definition) is 2. The molecule has 0 radical (unpaired) electrons. The van der Waals surface area contributed by atoms with Crippen molar-refractivity contribution in [2.45, 2.75) is 66.1 Å². The summed E-state index contributed by atoms with van der Waals surface area (Å²) in [6, 6.07) is 15.4. The molecule has 0 amide bonds. The van der Waals surface area contributed by atoms with Crippen LogP contribution in [-0.4, -0.2) is 63.5 Å². The number of pyridine rings is 1. The Morgan fingerprint density at radius 2 is 1.56 bits per heavy atom. The van der Waals surface area contributed by atoms with E-state index in [0.29, 0.717) is 29.4 Å². The number of rotatable bonds is 8. The number of halogens is 3. The molecule has 3 heterocycles. The summed E-state index contributed by atoms with van der Waals surface area (Å²) in [5, 5.41) is 14.5. The maximum Gasteiger partial charge on any atom is 0.409 e. The fraction of sp³-hybridized carbons (Fsp3) is 0.438. The average molecular weight is 604 g/mol. The fourth-order valence-electron chi connectivity index (χ4n) is 3.98. The first-order valence-corrected chi connectivity index (χ1v) is 14.0. The Morgan fingerprint density at radius 3 is 2.02 bits per heavy atom. The molecule has 11 heteroatoms. The lowest BCUT2D eigenvalue weighted by molar-refractivity contribution is -0.207. The number of alkyl halides is 3. The van der Waals surface area contributed by atoms with Crippen molar-refractivity contribution in [3.8, 4) is 17.1 Å². The number of ether oxygens (including phenoxy) is 1. The van der Waals surface area contributed by atoms with Gasteiger partial charge < -0.3 is 20.0 Å². The summed E-state index contributed by atoms with van der Waals surface area (Å²) in [5.74, 6) is 0.157. The van der Waals surface area contributed by atoms with Gasteiger partial charge in [0.1, 0.15) is 24.7 Å². The zero-order valence-electron chi connectivity index (χ0n) is 26.1. The molecule has 1 unspecified atom stereocenters. The Labute approximate surface area is 252 Å². The topological polar surface area (TPSA) is 102 Å². The monoisotopic (exact) mass is 603 g/mol. The highest BCUT2D eigenvalue weighted by Gasteiger charge is 2.54. The molecule has 1 atom stereocenters. The van der Waals surface area contributed by atoms with Crippen LogP contribution < -0.4 is 10.1 Å². The molecular formula is C32H44F3N5O3. The summed E-state index contributed by atoms with van der Waals surface area (Å²) >= 11 is 0. The van der Waals surface area contributed by atoms with E-state index in [1.165, 1.54) is 18.2 Å². The predicted octanol–water partition coefficient (Wildman–Crippen LogP) is 6.55. The van der Waals surface area contributed by atoms with E-state index in [4.69, 9.17) is 14.6 Å². The Balaban J connectivity index is 0.000000547. The highest BCUT2D eigenvalue weighted by molar-refractivity contribution is 5.59. The van der Waals surface area contributed by atoms with Gasteiger partial charge in [0, 0.05) is 18.9 Å². The fourth-order valence-corrected chi connectivity index (χ4v) is 3.98. The number of likely N-dealkylation sites (N-methyl/N-ethyl adjacent to an activating group) is 1. The smallest absolute Gasteiger partial charge is 0.409 e. The second-order valence-electron chi connectivity index (χ2n) is 10.3. The van der Waals surface area contributed by atoms with Gasteiger partial charge in [-0.15, -0.1) is 0 Å². The Kier molecular flexibility index (Phi) is 15.5. The maximum atomic E-state index is 13.8. The van der Waals surface area contributed by atoms with Crippen LogP contribution in [0, 0.1) is 26.7 Å². The van der Waals surface area contributed by atoms with Crippen molar-refractivity contribution in [2.24, 2.45) is 5.92 Å². The largest absolute Gasteiger partial charge is 0.489 e. The number of aliphatic hydroxyl groups excluding tert-OH is 1. The molecule has 236 valence electrons. The van der Waals surface area contributed by atoms with Crippen LogP contribution in [0.25, 0.3) is 17.0 Å². The van der Waals surface area contributed by atoms with E-state index in [9.17, 15) is 13.2 Å². The summed E-state index contributed by atoms with van der Waals surface area (Å²) in [6.07, 6.45) is -0.370. The molecule has 0 saturated heterocycles. The first kappa shape index (κ1) is 37.2. The van der Waals surface area contributed by atoms with Crippen LogP contribution in [0.15, 0.2) is 60.9 Å². The number of aliphatic hydroxyl groups is 1. The van der Waals surface area contributed by atoms with Gasteiger partial charge in [0.2, 0.25) is 0 Å². The van der Waals surface area contributed by atoms with Gasteiger partial charge in [0.05, 0.1) is 23.3 Å². The molecule has 0 aliphatic rings. The van der Waals surface area contributed by atoms with Crippen molar-refractivity contribution in [1.29, 1.82) is 0 Å². The van der Waals surface area contributed by atoms with E-state index in [0.717, 1.165) is 12.1 Å². The van der Waals surface area contributed by atoms with E-state index >= 15 is 0 Å². The second-order valence-corrected chi connectivity index (χ2v) is 10.3. The Morgan fingerprint density at radius 1 is 0.977 bits per heavy atom. The summed E-state index contributed by atoms with van der Waals surface area (Å²) in [4.78, 5) is 16.7. The van der Waals surface area contributed by atoms with E-state index in [1.807, 2.05) is 13.7 Å². The molecule has 1 aromatic carbocycles. The van der Waals surface area contributed by atoms with E-state index in [1.54, 1.807) is 61.9 Å². The van der Waals surface area contributed by atoms with Crippen LogP contribution in [0.3, 0.4) is 0 Å². The maximum absolute atomic E-state index is 13.8. The molecule has 4 rings (SSSR count). The van der Waals surface area contributed by atoms with Crippen molar-refractivity contribution in [3.05, 3.63) is 77.7 Å². The van der Waals surface area contributed by atoms with Gasteiger partial charge in [-0.2, -0.15) is 18.3 Å². The number of benzene rings is 1. The van der Waals surface area contributed by atoms with Gasteiger partial charge in [-0.1, -0.05) is 56.2 Å². The molecule has 43 heavy (non-hydrogen) atoms. The molecule has 0 fully saturated rings. The van der Waals surface area contributed by atoms with Crippen molar-refractivity contribution in [1.82, 2.24) is 24.9 Å². The van der Waals surface area contributed by atoms with Crippen molar-refractivity contribution in [2.75, 3.05) is 20.3 Å². The third-order valence-electron chi connectivity index (χ3n) is 6.28. The van der Waals surface area contributed by atoms with Crippen LogP contribution in [0.5, 0.6) is 5.75 Å². The summed E-state index contributed by atoms with van der Waals surface area (Å²) < 4.78 is 48.6. The van der Waals surface area contributed by atoms with Gasteiger partial charge in [-0.3, -0.25) is 0 Å². The number of nitrogens with one attached hydrogen (secondary N) is 1. The van der Waals surface area contributed by atoms with Gasteiger partial charge in [-0.05, 0) is 64.8 Å². The van der Waals surface area contributed by atoms with Gasteiger partial charge in [-0.25, -0.2) is 14.5 Å². The van der Waals surface area contributed by atoms with Gasteiger partial charge >= 0.3 is 6.18 Å². The highest BCUT2D eigenvalue weighted by Crippen LogP contribution is 2.36. The minimum atomic E-state index is -4.45. The lowest BCUT2D eigenvalue weighted by Crippen LogP contribution is -2.60. The molecule has 3 aromatic heterocycles. The van der Waals surface area contributed by atoms with Gasteiger partial charge in [0.25, 0.3) is 0 Å². The Bertz CT molecular complexity index is 1340. The SMILES string of the molecule is C=O.CCCO.CNC(COc1ccc(-c2ccnc3ccnn23)nc1C)(CC(C)C)C(F)(F)F.Cc1ccc(C)cc1. The average Bonchev–Trinajstić information content (AvgIpc) is 3.47. The zero-order chi connectivity index (χ0) is 32.6. The normalized spacial score (nSPS) is 12.2. The first-order valence-electron chi connectivity index (χ1n) is 14.0. The Hall–Kier alpha value is -3.83. The minimum Gasteiger partial charge on any atom is -0.489 e. The standard InChI is InChI=1S/C20H24F3N5O.C8H10.C3H8O.CH2O/c1-13(2)11-19(24-4,20(21,22)23)12-29-17-6-5-15(27-14(17)3)16-7-9-25-18-8-10-26-28(16)18;1-7-3-5-8(2)6-4-7;1-2-3-4;1-2/h5-10,13,24H,11-12H2,1-4H3;3-6H,1-2H3;4H,2-3H2,1H3;1H2. The number of carbonyl (C=O) groups excluding carboxylic acids is 1. The summed E-state index contributed by atoms with van der Waals surface area (Å²) in [6.45, 7) is 13.1. The third-order valence-corrected chi connectivity index (χ3v) is 6.28. The summed E-state index contributed by atoms with van der Waals surface area (Å²) in [5.41, 5.74) is 3.07. The number of hydrogen-bond acceptors (Lipinski definition) is 7. The number of nitrogens with zero attached hydrogens (tertiary/aromatic N) is 4. The van der Waals surface area contributed by atoms with Crippen LogP contribution in [0.1, 0.15) is 50.4 Å². The van der Waals surface area contributed by atoms with Crippen LogP contribution in [0.2, 0.25) is 0 Å². The zero-order valence-corrected chi connectivity index (χ0v) is 26.1. The lowest BCUT2D eigenvalue weighted by Gasteiger charge is -2.36. The van der Waals surface area contributed by atoms with Crippen molar-refractivity contribution in [3.63, 3.8) is 0 Å². The molecule has 2 N–H and O–H groups in total. The summed E-state index contributed by atoms with van der Waals surface area (Å²) in [7, 11) is 1.31. The van der Waals surface area contributed by atoms with Crippen LogP contribution in [0.4, 0.5) is 13.2 Å². The highest BCUT2D eigenvalue weighted by atomic mass is 19.4. The third kappa shape index (κ3) is 11.1. The number of fused-ring (bicyclic) bond motifs is 1. The number of aromatic nitrogens is 4. The molecule has 0 spiro atoms. The quantitative estimate of drug-likeness (QED) is 0.235. The molecular weight excluding hydrogens is 559 g/mol. The lowest BCUT2D eigenvalue weighted by atomic mass is 9.89. The first-order chi connectivity index (χ1) is 20.4. The second kappa shape index (κ2) is 18.0. The molecule has 0 saturated carbocycles. The van der Waals surface area contributed by atoms with Crippen molar-refractivity contribution < 1.29 is 27.8 Å². The number of carbonyl (C=O) groups is 1. The molecule has 4 aromatic rings. The molecule has 0 bridgehead atoms. The van der Waals surface area contributed by atoms with E-state index in [2.05, 4.69) is 58.5 Å². The van der Waals surface area contributed by atoms with Crippen molar-refractivity contribution >= 4 is 12.4 Å². The van der Waals surface area contributed by atoms with E-state index < -0.39 is 18.3 Å². The predicted molar refractivity (Wildman–Crippen MR) is 164 cm³/mol. The minimum absolute atomic E-state index is 0.0914.